The van der Waals surface area contributed by atoms with Crippen LogP contribution in [0.5, 0.6) is 0 Å². The third kappa shape index (κ3) is 4.72. The monoisotopic (exact) mass is 351 g/mol. The Morgan fingerprint density at radius 2 is 1.77 bits per heavy atom. The van der Waals surface area contributed by atoms with Crippen LogP contribution in [0.4, 0.5) is 0 Å². The highest BCUT2D eigenvalue weighted by molar-refractivity contribution is 5.95. The molecule has 2 aromatic carbocycles. The number of benzene rings is 2. The average molecular weight is 351 g/mol. The first-order valence-corrected chi connectivity index (χ1v) is 9.26. The van der Waals surface area contributed by atoms with Gasteiger partial charge in [0.05, 0.1) is 0 Å². The fourth-order valence-corrected chi connectivity index (χ4v) is 3.68. The molecule has 136 valence electrons. The number of nitrogens with zero attached hydrogens (tertiary/aromatic N) is 1. The molecule has 1 aliphatic rings. The third-order valence-electron chi connectivity index (χ3n) is 5.06. The summed E-state index contributed by atoms with van der Waals surface area (Å²) in [5.41, 5.74) is 2.98. The molecular formula is C22H25NO3. The minimum absolute atomic E-state index is 0.0663. The van der Waals surface area contributed by atoms with Gasteiger partial charge in [-0.3, -0.25) is 9.59 Å². The molecule has 2 aromatic rings. The van der Waals surface area contributed by atoms with Gasteiger partial charge in [0.1, 0.15) is 0 Å². The number of likely N-dealkylation sites (tertiary alicyclic amines) is 1. The highest BCUT2D eigenvalue weighted by Crippen LogP contribution is 2.24. The number of carboxylic acid groups (broad SMARTS) is 1. The van der Waals surface area contributed by atoms with E-state index in [9.17, 15) is 9.59 Å². The van der Waals surface area contributed by atoms with Crippen molar-refractivity contribution in [3.63, 3.8) is 0 Å². The highest BCUT2D eigenvalue weighted by atomic mass is 16.4. The zero-order valence-corrected chi connectivity index (χ0v) is 14.9. The Hall–Kier alpha value is -2.62. The fourth-order valence-electron chi connectivity index (χ4n) is 3.68. The molecule has 1 heterocycles. The summed E-state index contributed by atoms with van der Waals surface area (Å²) < 4.78 is 0. The molecule has 4 heteroatoms. The normalized spacial score (nSPS) is 17.1. The van der Waals surface area contributed by atoms with Crippen LogP contribution in [-0.4, -0.2) is 35.0 Å². The van der Waals surface area contributed by atoms with Crippen molar-refractivity contribution in [2.75, 3.05) is 13.1 Å². The van der Waals surface area contributed by atoms with Gasteiger partial charge in [-0.1, -0.05) is 48.5 Å². The first-order chi connectivity index (χ1) is 12.6. The van der Waals surface area contributed by atoms with Crippen molar-refractivity contribution in [3.8, 4) is 0 Å². The molecule has 1 fully saturated rings. The van der Waals surface area contributed by atoms with Gasteiger partial charge in [-0.05, 0) is 48.8 Å². The lowest BCUT2D eigenvalue weighted by Gasteiger charge is -2.33. The Kier molecular flexibility index (Phi) is 6.05. The minimum Gasteiger partial charge on any atom is -0.481 e. The number of hydrogen-bond donors (Lipinski definition) is 1. The predicted octanol–water partition coefficient (Wildman–Crippen LogP) is 3.99. The second-order valence-electron chi connectivity index (χ2n) is 7.01. The van der Waals surface area contributed by atoms with Gasteiger partial charge >= 0.3 is 5.97 Å². The van der Waals surface area contributed by atoms with Crippen LogP contribution in [0.25, 0.3) is 0 Å². The summed E-state index contributed by atoms with van der Waals surface area (Å²) in [6.45, 7) is 1.41. The average Bonchev–Trinajstić information content (AvgIpc) is 2.67. The first-order valence-electron chi connectivity index (χ1n) is 9.26. The Balaban J connectivity index is 1.72. The van der Waals surface area contributed by atoms with E-state index in [1.807, 2.05) is 47.4 Å². The van der Waals surface area contributed by atoms with E-state index in [1.54, 1.807) is 0 Å². The Labute approximate surface area is 154 Å². The number of carboxylic acids is 1. The summed E-state index contributed by atoms with van der Waals surface area (Å²) in [4.78, 5) is 25.8. The lowest BCUT2D eigenvalue weighted by atomic mass is 9.92. The summed E-state index contributed by atoms with van der Waals surface area (Å²) in [5, 5.41) is 8.89. The summed E-state index contributed by atoms with van der Waals surface area (Å²) in [7, 11) is 0. The standard InChI is InChI=1S/C22H25NO3/c24-21(25)13-12-18-9-6-14-23(16-18)22(26)20-11-5-4-10-19(20)15-17-7-2-1-3-8-17/h1-5,7-8,10-11,18H,6,9,12-16H2,(H,24,25). The van der Waals surface area contributed by atoms with Gasteiger partial charge in [-0.25, -0.2) is 0 Å². The van der Waals surface area contributed by atoms with Crippen molar-refractivity contribution in [1.82, 2.24) is 4.90 Å². The van der Waals surface area contributed by atoms with Crippen LogP contribution in [0, 0.1) is 5.92 Å². The van der Waals surface area contributed by atoms with E-state index in [2.05, 4.69) is 12.1 Å². The van der Waals surface area contributed by atoms with Crippen molar-refractivity contribution >= 4 is 11.9 Å². The molecular weight excluding hydrogens is 326 g/mol. The van der Waals surface area contributed by atoms with E-state index < -0.39 is 5.97 Å². The van der Waals surface area contributed by atoms with Gasteiger partial charge in [-0.15, -0.1) is 0 Å². The first kappa shape index (κ1) is 18.2. The van der Waals surface area contributed by atoms with Crippen molar-refractivity contribution in [2.45, 2.75) is 32.1 Å². The second kappa shape index (κ2) is 8.65. The molecule has 0 aromatic heterocycles. The number of rotatable bonds is 6. The molecule has 1 atom stereocenters. The van der Waals surface area contributed by atoms with Crippen LogP contribution in [0.3, 0.4) is 0 Å². The SMILES string of the molecule is O=C(O)CCC1CCCN(C(=O)c2ccccc2Cc2ccccc2)C1. The molecule has 1 saturated heterocycles. The zero-order chi connectivity index (χ0) is 18.4. The lowest BCUT2D eigenvalue weighted by Crippen LogP contribution is -2.40. The molecule has 0 saturated carbocycles. The quantitative estimate of drug-likeness (QED) is 0.856. The molecule has 0 radical (unpaired) electrons. The van der Waals surface area contributed by atoms with Crippen LogP contribution >= 0.6 is 0 Å². The van der Waals surface area contributed by atoms with Gasteiger partial charge in [0.2, 0.25) is 0 Å². The van der Waals surface area contributed by atoms with Crippen molar-refractivity contribution in [1.29, 1.82) is 0 Å². The van der Waals surface area contributed by atoms with Crippen molar-refractivity contribution in [2.24, 2.45) is 5.92 Å². The lowest BCUT2D eigenvalue weighted by molar-refractivity contribution is -0.137. The maximum Gasteiger partial charge on any atom is 0.303 e. The smallest absolute Gasteiger partial charge is 0.303 e. The van der Waals surface area contributed by atoms with Gasteiger partial charge in [0.15, 0.2) is 0 Å². The third-order valence-corrected chi connectivity index (χ3v) is 5.06. The molecule has 3 rings (SSSR count). The van der Waals surface area contributed by atoms with Gasteiger partial charge in [0.25, 0.3) is 5.91 Å². The maximum atomic E-state index is 13.1. The number of amides is 1. The summed E-state index contributed by atoms with van der Waals surface area (Å²) in [5.74, 6) is -0.414. The summed E-state index contributed by atoms with van der Waals surface area (Å²) in [6, 6.07) is 18.0. The molecule has 0 bridgehead atoms. The van der Waals surface area contributed by atoms with Crippen LogP contribution < -0.4 is 0 Å². The van der Waals surface area contributed by atoms with Gasteiger partial charge in [-0.2, -0.15) is 0 Å². The van der Waals surface area contributed by atoms with E-state index >= 15 is 0 Å². The molecule has 1 unspecified atom stereocenters. The topological polar surface area (TPSA) is 57.6 Å². The van der Waals surface area contributed by atoms with E-state index in [4.69, 9.17) is 5.11 Å². The van der Waals surface area contributed by atoms with Crippen molar-refractivity contribution in [3.05, 3.63) is 71.3 Å². The molecule has 0 spiro atoms. The largest absolute Gasteiger partial charge is 0.481 e. The zero-order valence-electron chi connectivity index (χ0n) is 14.9. The van der Waals surface area contributed by atoms with Gasteiger partial charge < -0.3 is 10.0 Å². The van der Waals surface area contributed by atoms with Crippen LogP contribution in [0.2, 0.25) is 0 Å². The molecule has 1 N–H and O–H groups in total. The Morgan fingerprint density at radius 3 is 2.54 bits per heavy atom. The van der Waals surface area contributed by atoms with Crippen LogP contribution in [-0.2, 0) is 11.2 Å². The highest BCUT2D eigenvalue weighted by Gasteiger charge is 2.26. The van der Waals surface area contributed by atoms with E-state index in [0.29, 0.717) is 13.0 Å². The number of hydrogen-bond acceptors (Lipinski definition) is 2. The summed E-state index contributed by atoms with van der Waals surface area (Å²) >= 11 is 0. The number of piperidine rings is 1. The molecule has 26 heavy (non-hydrogen) atoms. The predicted molar refractivity (Wildman–Crippen MR) is 101 cm³/mol. The second-order valence-corrected chi connectivity index (χ2v) is 7.01. The van der Waals surface area contributed by atoms with Crippen molar-refractivity contribution < 1.29 is 14.7 Å². The molecule has 1 amide bonds. The Morgan fingerprint density at radius 1 is 1.04 bits per heavy atom. The van der Waals surface area contributed by atoms with Crippen LogP contribution in [0.1, 0.15) is 47.2 Å². The van der Waals surface area contributed by atoms with Gasteiger partial charge in [0, 0.05) is 25.1 Å². The van der Waals surface area contributed by atoms with Crippen LogP contribution in [0.15, 0.2) is 54.6 Å². The van der Waals surface area contributed by atoms with E-state index in [0.717, 1.165) is 36.9 Å². The number of carbonyl (C=O) groups excluding carboxylic acids is 1. The molecule has 1 aliphatic heterocycles. The molecule has 4 nitrogen and oxygen atoms in total. The minimum atomic E-state index is -0.762. The number of aliphatic carboxylic acids is 1. The molecule has 0 aliphatic carbocycles. The van der Waals surface area contributed by atoms with E-state index in [-0.39, 0.29) is 18.2 Å². The fraction of sp³-hybridized carbons (Fsp3) is 0.364. The maximum absolute atomic E-state index is 13.1. The summed E-state index contributed by atoms with van der Waals surface area (Å²) in [6.07, 6.45) is 3.50. The number of carbonyl (C=O) groups is 2. The van der Waals surface area contributed by atoms with E-state index in [1.165, 1.54) is 5.56 Å². The Bertz CT molecular complexity index is 757.